The molecule has 2 N–H and O–H groups in total. The zero-order valence-electron chi connectivity index (χ0n) is 32.6. The number of aromatic nitrogens is 1. The van der Waals surface area contributed by atoms with Crippen LogP contribution in [0, 0.1) is 5.92 Å². The Hall–Kier alpha value is -6.09. The van der Waals surface area contributed by atoms with E-state index in [0.29, 0.717) is 36.2 Å². The Morgan fingerprint density at radius 1 is 0.965 bits per heavy atom. The molecule has 4 aliphatic heterocycles. The Labute approximate surface area is 329 Å². The van der Waals surface area contributed by atoms with Gasteiger partial charge in [0.05, 0.1) is 36.1 Å². The zero-order valence-corrected chi connectivity index (χ0v) is 32.6. The van der Waals surface area contributed by atoms with E-state index in [1.807, 2.05) is 25.1 Å². The van der Waals surface area contributed by atoms with Crippen LogP contribution in [-0.2, 0) is 28.0 Å². The van der Waals surface area contributed by atoms with E-state index in [0.717, 1.165) is 65.0 Å². The number of pyridine rings is 1. The van der Waals surface area contributed by atoms with E-state index in [1.54, 1.807) is 45.7 Å². The number of carbonyl (C=O) groups excluding carboxylic acids is 5. The number of fused-ring (bicyclic) bond motifs is 1. The van der Waals surface area contributed by atoms with Gasteiger partial charge in [-0.25, -0.2) is 0 Å². The first kappa shape index (κ1) is 39.2. The molecule has 0 radical (unpaired) electrons. The van der Waals surface area contributed by atoms with Crippen molar-refractivity contribution >= 4 is 54.2 Å². The lowest BCUT2D eigenvalue weighted by Crippen LogP contribution is -2.54. The molecule has 5 heterocycles. The molecule has 3 saturated heterocycles. The highest BCUT2D eigenvalue weighted by molar-refractivity contribution is 6.23. The van der Waals surface area contributed by atoms with Crippen LogP contribution >= 0.6 is 0 Å². The fourth-order valence-electron chi connectivity index (χ4n) is 8.52. The van der Waals surface area contributed by atoms with Gasteiger partial charge in [0.1, 0.15) is 17.5 Å². The normalized spacial score (nSPS) is 20.7. The third-order valence-corrected chi connectivity index (χ3v) is 11.3. The summed E-state index contributed by atoms with van der Waals surface area (Å²) in [5.41, 5.74) is 3.60. The van der Waals surface area contributed by atoms with Gasteiger partial charge in [-0.05, 0) is 79.9 Å². The van der Waals surface area contributed by atoms with Gasteiger partial charge in [0, 0.05) is 82.3 Å². The standard InChI is InChI=1S/C42H47N7O8/c1-6-28-31(18-43-2)40(53)46(3)22-32(28)25-15-35(56-4)33(36(16-25)57-5)23-47-19-24(20-47)14-38(51)44-26-8-7-13-48(21-26)27-9-10-29-30(17-27)42(55)49(41(29)54)34-11-12-37(50)45-39(34)52/h6,9-10,15-18,22,24,26,34H,2,7-8,11-14,19-21,23H2,1,3-5H3,(H,44,51)(H,45,50,52)/b28-6+,31-18+. The topological polar surface area (TPSA) is 172 Å². The Bertz CT molecular complexity index is 2340. The molecule has 4 aliphatic rings. The summed E-state index contributed by atoms with van der Waals surface area (Å²) in [5, 5.41) is 6.63. The lowest BCUT2D eigenvalue weighted by molar-refractivity contribution is -0.136. The van der Waals surface area contributed by atoms with Crippen molar-refractivity contribution in [2.45, 2.75) is 57.7 Å². The predicted molar refractivity (Wildman–Crippen MR) is 214 cm³/mol. The second kappa shape index (κ2) is 16.2. The van der Waals surface area contributed by atoms with E-state index in [9.17, 15) is 28.8 Å². The van der Waals surface area contributed by atoms with E-state index < -0.39 is 29.7 Å². The fraction of sp³-hybridized carbons (Fsp3) is 0.405. The van der Waals surface area contributed by atoms with Gasteiger partial charge >= 0.3 is 0 Å². The number of benzene rings is 2. The second-order valence-electron chi connectivity index (χ2n) is 15.0. The van der Waals surface area contributed by atoms with Crippen LogP contribution in [0.4, 0.5) is 5.69 Å². The minimum atomic E-state index is -1.02. The Morgan fingerprint density at radius 2 is 1.68 bits per heavy atom. The molecule has 7 rings (SSSR count). The van der Waals surface area contributed by atoms with Crippen LogP contribution in [0.15, 0.2) is 46.3 Å². The largest absolute Gasteiger partial charge is 0.496 e. The number of piperidine rings is 2. The first-order chi connectivity index (χ1) is 27.4. The molecule has 298 valence electrons. The number of imide groups is 2. The van der Waals surface area contributed by atoms with Crippen LogP contribution in [-0.4, -0.2) is 103 Å². The van der Waals surface area contributed by atoms with Gasteiger partial charge in [-0.1, -0.05) is 6.08 Å². The number of methoxy groups -OCH3 is 2. The molecule has 2 aromatic carbocycles. The summed E-state index contributed by atoms with van der Waals surface area (Å²) in [5.74, 6) is -0.655. The number of aryl methyl sites for hydroxylation is 1. The Kier molecular flexibility index (Phi) is 11.1. The van der Waals surface area contributed by atoms with Gasteiger partial charge in [-0.3, -0.25) is 48.9 Å². The van der Waals surface area contributed by atoms with Crippen LogP contribution < -0.4 is 41.0 Å². The number of aliphatic imine (C=N–C) groups is 1. The summed E-state index contributed by atoms with van der Waals surface area (Å²) in [4.78, 5) is 85.9. The molecular formula is C42H47N7O8. The maximum absolute atomic E-state index is 13.4. The molecule has 3 aromatic rings. The quantitative estimate of drug-likeness (QED) is 0.214. The zero-order chi connectivity index (χ0) is 40.5. The number of likely N-dealkylation sites (tertiary alicyclic amines) is 1. The highest BCUT2D eigenvalue weighted by atomic mass is 16.5. The number of hydrogen-bond donors (Lipinski definition) is 2. The fourth-order valence-corrected chi connectivity index (χ4v) is 8.52. The minimum absolute atomic E-state index is 0.00955. The van der Waals surface area contributed by atoms with E-state index in [2.05, 4.69) is 32.1 Å². The van der Waals surface area contributed by atoms with Gasteiger partial charge in [0.15, 0.2) is 0 Å². The number of nitrogens with one attached hydrogen (secondary N) is 2. The molecule has 15 nitrogen and oxygen atoms in total. The smallest absolute Gasteiger partial charge is 0.262 e. The van der Waals surface area contributed by atoms with Crippen molar-refractivity contribution in [1.29, 1.82) is 0 Å². The molecular weight excluding hydrogens is 731 g/mol. The number of carbonyl (C=O) groups is 5. The molecule has 2 atom stereocenters. The minimum Gasteiger partial charge on any atom is -0.496 e. The number of ether oxygens (including phenoxy) is 2. The highest BCUT2D eigenvalue weighted by Crippen LogP contribution is 2.37. The summed E-state index contributed by atoms with van der Waals surface area (Å²) in [6.45, 7) is 8.73. The molecule has 0 aliphatic carbocycles. The van der Waals surface area contributed by atoms with Crippen molar-refractivity contribution in [3.63, 3.8) is 0 Å². The SMILES string of the molecule is C=N/C=c1/c(=O)n(C)cc(-c2cc(OC)c(CN3CC(CC(=O)NC4CCCN(c5ccc6c(c5)C(=O)N(C5CCC(=O)NC5=O)C6=O)C4)C3)c(OC)c2)/c1=C/C. The summed E-state index contributed by atoms with van der Waals surface area (Å²) < 4.78 is 13.2. The lowest BCUT2D eigenvalue weighted by atomic mass is 9.94. The molecule has 3 fully saturated rings. The van der Waals surface area contributed by atoms with Crippen LogP contribution in [0.1, 0.15) is 65.3 Å². The van der Waals surface area contributed by atoms with E-state index in [-0.39, 0.29) is 47.4 Å². The number of anilines is 1. The molecule has 0 saturated carbocycles. The predicted octanol–water partition coefficient (Wildman–Crippen LogP) is 1.32. The van der Waals surface area contributed by atoms with Crippen molar-refractivity contribution < 1.29 is 33.4 Å². The average Bonchev–Trinajstić information content (AvgIpc) is 3.43. The maximum Gasteiger partial charge on any atom is 0.262 e. The van der Waals surface area contributed by atoms with Crippen LogP contribution in [0.3, 0.4) is 0 Å². The molecule has 0 spiro atoms. The van der Waals surface area contributed by atoms with Gasteiger partial charge in [-0.15, -0.1) is 0 Å². The number of amides is 5. The van der Waals surface area contributed by atoms with Crippen molar-refractivity contribution in [3.05, 3.63) is 74.0 Å². The molecule has 15 heteroatoms. The lowest BCUT2D eigenvalue weighted by Gasteiger charge is -2.40. The van der Waals surface area contributed by atoms with Crippen LogP contribution in [0.5, 0.6) is 11.5 Å². The van der Waals surface area contributed by atoms with Crippen LogP contribution in [0.25, 0.3) is 23.4 Å². The molecule has 2 unspecified atom stereocenters. The number of nitrogens with zero attached hydrogens (tertiary/aromatic N) is 5. The van der Waals surface area contributed by atoms with Gasteiger partial charge < -0.3 is 24.3 Å². The van der Waals surface area contributed by atoms with Crippen molar-refractivity contribution in [2.24, 2.45) is 18.0 Å². The molecule has 5 amide bonds. The summed E-state index contributed by atoms with van der Waals surface area (Å²) in [6.07, 6.45) is 7.36. The third-order valence-electron chi connectivity index (χ3n) is 11.3. The summed E-state index contributed by atoms with van der Waals surface area (Å²) in [6, 6.07) is 7.90. The summed E-state index contributed by atoms with van der Waals surface area (Å²) >= 11 is 0. The first-order valence-corrected chi connectivity index (χ1v) is 19.1. The Balaban J connectivity index is 0.954. The van der Waals surface area contributed by atoms with Gasteiger partial charge in [-0.2, -0.15) is 0 Å². The number of rotatable bonds is 11. The average molecular weight is 778 g/mol. The maximum atomic E-state index is 13.4. The highest BCUT2D eigenvalue weighted by Gasteiger charge is 2.45. The molecule has 0 bridgehead atoms. The monoisotopic (exact) mass is 777 g/mol. The van der Waals surface area contributed by atoms with Crippen LogP contribution in [0.2, 0.25) is 0 Å². The van der Waals surface area contributed by atoms with Crippen molar-refractivity contribution in [2.75, 3.05) is 45.3 Å². The molecule has 57 heavy (non-hydrogen) atoms. The van der Waals surface area contributed by atoms with E-state index in [4.69, 9.17) is 9.47 Å². The summed E-state index contributed by atoms with van der Waals surface area (Å²) in [7, 11) is 4.94. The molecule has 1 aromatic heterocycles. The number of hydrogen-bond acceptors (Lipinski definition) is 11. The third kappa shape index (κ3) is 7.58. The van der Waals surface area contributed by atoms with E-state index in [1.165, 1.54) is 10.8 Å². The van der Waals surface area contributed by atoms with Crippen molar-refractivity contribution in [1.82, 2.24) is 25.0 Å². The second-order valence-corrected chi connectivity index (χ2v) is 15.0. The van der Waals surface area contributed by atoms with E-state index >= 15 is 0 Å². The first-order valence-electron chi connectivity index (χ1n) is 19.1. The Morgan fingerprint density at radius 3 is 2.35 bits per heavy atom. The van der Waals surface area contributed by atoms with Crippen molar-refractivity contribution in [3.8, 4) is 22.6 Å². The van der Waals surface area contributed by atoms with Gasteiger partial charge in [0.2, 0.25) is 17.7 Å². The van der Waals surface area contributed by atoms with Gasteiger partial charge in [0.25, 0.3) is 17.4 Å².